The van der Waals surface area contributed by atoms with E-state index in [4.69, 9.17) is 4.74 Å². The molecule has 1 aromatic carbocycles. The van der Waals surface area contributed by atoms with Gasteiger partial charge in [-0.1, -0.05) is 0 Å². The Morgan fingerprint density at radius 1 is 1.14 bits per heavy atom. The highest BCUT2D eigenvalue weighted by Gasteiger charge is 2.26. The number of aryl methyl sites for hydroxylation is 2. The SMILES string of the molecule is Cc1cc(C)n2ncc(C(=O)Nc3ccc(S(=O)(=O)N4CCOCC4)cc3)c2n1. The van der Waals surface area contributed by atoms with E-state index in [1.807, 2.05) is 19.9 Å². The molecule has 152 valence electrons. The number of rotatable bonds is 4. The zero-order valence-corrected chi connectivity index (χ0v) is 16.9. The number of amides is 1. The van der Waals surface area contributed by atoms with Gasteiger partial charge in [-0.15, -0.1) is 0 Å². The van der Waals surface area contributed by atoms with Crippen molar-refractivity contribution in [2.45, 2.75) is 18.7 Å². The number of hydrogen-bond acceptors (Lipinski definition) is 6. The molecule has 0 unspecified atom stereocenters. The molecule has 1 aliphatic rings. The molecule has 0 radical (unpaired) electrons. The van der Waals surface area contributed by atoms with Crippen molar-refractivity contribution in [1.29, 1.82) is 0 Å². The van der Waals surface area contributed by atoms with Crippen LogP contribution in [0.15, 0.2) is 41.4 Å². The summed E-state index contributed by atoms with van der Waals surface area (Å²) in [6, 6.07) is 8.00. The summed E-state index contributed by atoms with van der Waals surface area (Å²) in [6.45, 7) is 5.20. The fourth-order valence-electron chi connectivity index (χ4n) is 3.28. The molecule has 0 spiro atoms. The molecule has 0 aliphatic carbocycles. The maximum Gasteiger partial charge on any atom is 0.261 e. The number of carbonyl (C=O) groups excluding carboxylic acids is 1. The van der Waals surface area contributed by atoms with E-state index in [-0.39, 0.29) is 10.8 Å². The van der Waals surface area contributed by atoms with Crippen LogP contribution >= 0.6 is 0 Å². The van der Waals surface area contributed by atoms with Crippen LogP contribution in [0.25, 0.3) is 5.65 Å². The fraction of sp³-hybridized carbons (Fsp3) is 0.316. The topological polar surface area (TPSA) is 106 Å². The molecule has 0 atom stereocenters. The van der Waals surface area contributed by atoms with Crippen molar-refractivity contribution in [3.63, 3.8) is 0 Å². The van der Waals surface area contributed by atoms with E-state index in [0.717, 1.165) is 11.4 Å². The average Bonchev–Trinajstić information content (AvgIpc) is 3.13. The Labute approximate surface area is 168 Å². The number of fused-ring (bicyclic) bond motifs is 1. The van der Waals surface area contributed by atoms with E-state index in [2.05, 4.69) is 15.4 Å². The molecule has 0 bridgehead atoms. The van der Waals surface area contributed by atoms with E-state index in [1.54, 1.807) is 16.6 Å². The monoisotopic (exact) mass is 415 g/mol. The molecule has 1 aliphatic heterocycles. The first-order valence-corrected chi connectivity index (χ1v) is 10.6. The van der Waals surface area contributed by atoms with Gasteiger partial charge in [0.1, 0.15) is 5.56 Å². The third-order valence-corrected chi connectivity index (χ3v) is 6.66. The van der Waals surface area contributed by atoms with Gasteiger partial charge in [-0.2, -0.15) is 9.40 Å². The Balaban J connectivity index is 1.54. The van der Waals surface area contributed by atoms with E-state index < -0.39 is 10.0 Å². The molecule has 1 N–H and O–H groups in total. The molecule has 1 fully saturated rings. The lowest BCUT2D eigenvalue weighted by Crippen LogP contribution is -2.40. The second-order valence-corrected chi connectivity index (χ2v) is 8.77. The van der Waals surface area contributed by atoms with Crippen LogP contribution < -0.4 is 5.32 Å². The van der Waals surface area contributed by atoms with Crippen molar-refractivity contribution in [3.8, 4) is 0 Å². The first-order valence-electron chi connectivity index (χ1n) is 9.17. The Hall–Kier alpha value is -2.82. The number of anilines is 1. The van der Waals surface area contributed by atoms with E-state index in [9.17, 15) is 13.2 Å². The first kappa shape index (κ1) is 19.5. The van der Waals surface area contributed by atoms with Gasteiger partial charge in [0.05, 0.1) is 24.3 Å². The summed E-state index contributed by atoms with van der Waals surface area (Å²) in [7, 11) is -3.57. The molecule has 0 saturated carbocycles. The molecule has 1 saturated heterocycles. The molecular weight excluding hydrogens is 394 g/mol. The van der Waals surface area contributed by atoms with Gasteiger partial charge in [0, 0.05) is 30.2 Å². The molecule has 1 amide bonds. The smallest absolute Gasteiger partial charge is 0.261 e. The van der Waals surface area contributed by atoms with Crippen LogP contribution in [0.5, 0.6) is 0 Å². The first-order chi connectivity index (χ1) is 13.9. The van der Waals surface area contributed by atoms with Gasteiger partial charge in [0.25, 0.3) is 5.91 Å². The highest BCUT2D eigenvalue weighted by atomic mass is 32.2. The third-order valence-electron chi connectivity index (χ3n) is 4.74. The van der Waals surface area contributed by atoms with Crippen LogP contribution in [-0.2, 0) is 14.8 Å². The van der Waals surface area contributed by atoms with Crippen molar-refractivity contribution in [2.24, 2.45) is 0 Å². The number of carbonyl (C=O) groups is 1. The van der Waals surface area contributed by atoms with Gasteiger partial charge >= 0.3 is 0 Å². The van der Waals surface area contributed by atoms with E-state index in [1.165, 1.54) is 22.6 Å². The molecule has 2 aromatic heterocycles. The quantitative estimate of drug-likeness (QED) is 0.694. The van der Waals surface area contributed by atoms with Crippen LogP contribution in [0.4, 0.5) is 5.69 Å². The van der Waals surface area contributed by atoms with Crippen LogP contribution in [0.1, 0.15) is 21.7 Å². The average molecular weight is 415 g/mol. The number of nitrogens with zero attached hydrogens (tertiary/aromatic N) is 4. The van der Waals surface area contributed by atoms with Gasteiger partial charge in [-0.05, 0) is 44.2 Å². The minimum absolute atomic E-state index is 0.182. The highest BCUT2D eigenvalue weighted by Crippen LogP contribution is 2.20. The largest absolute Gasteiger partial charge is 0.379 e. The molecule has 3 heterocycles. The number of benzene rings is 1. The van der Waals surface area contributed by atoms with Crippen molar-refractivity contribution < 1.29 is 17.9 Å². The van der Waals surface area contributed by atoms with Crippen LogP contribution in [-0.4, -0.2) is 59.5 Å². The summed E-state index contributed by atoms with van der Waals surface area (Å²) in [6.07, 6.45) is 1.47. The summed E-state index contributed by atoms with van der Waals surface area (Å²) in [5, 5.41) is 6.99. The van der Waals surface area contributed by atoms with Crippen LogP contribution in [0, 0.1) is 13.8 Å². The number of ether oxygens (including phenoxy) is 1. The Morgan fingerprint density at radius 2 is 1.83 bits per heavy atom. The molecule has 9 nitrogen and oxygen atoms in total. The van der Waals surface area contributed by atoms with Crippen molar-refractivity contribution in [1.82, 2.24) is 18.9 Å². The number of nitrogens with one attached hydrogen (secondary N) is 1. The van der Waals surface area contributed by atoms with Gasteiger partial charge in [-0.3, -0.25) is 4.79 Å². The van der Waals surface area contributed by atoms with Gasteiger partial charge in [0.15, 0.2) is 5.65 Å². The Kier molecular flexibility index (Phi) is 5.07. The van der Waals surface area contributed by atoms with E-state index >= 15 is 0 Å². The van der Waals surface area contributed by atoms with Crippen molar-refractivity contribution in [3.05, 3.63) is 53.5 Å². The minimum Gasteiger partial charge on any atom is -0.379 e. The molecule has 3 aromatic rings. The summed E-state index contributed by atoms with van der Waals surface area (Å²) in [5.41, 5.74) is 2.99. The lowest BCUT2D eigenvalue weighted by molar-refractivity contribution is 0.0730. The normalized spacial score (nSPS) is 15.5. The summed E-state index contributed by atoms with van der Waals surface area (Å²) in [5.74, 6) is -0.360. The predicted octanol–water partition coefficient (Wildman–Crippen LogP) is 1.62. The lowest BCUT2D eigenvalue weighted by Gasteiger charge is -2.26. The summed E-state index contributed by atoms with van der Waals surface area (Å²) in [4.78, 5) is 17.3. The second-order valence-electron chi connectivity index (χ2n) is 6.83. The van der Waals surface area contributed by atoms with Gasteiger partial charge < -0.3 is 10.1 Å². The standard InChI is InChI=1S/C19H21N5O4S/c1-13-11-14(2)24-18(21-13)17(12-20-24)19(25)22-15-3-5-16(6-4-15)29(26,27)23-7-9-28-10-8-23/h3-6,11-12H,7-10H2,1-2H3,(H,22,25). The Morgan fingerprint density at radius 3 is 2.52 bits per heavy atom. The van der Waals surface area contributed by atoms with Gasteiger partial charge in [-0.25, -0.2) is 17.9 Å². The summed E-state index contributed by atoms with van der Waals surface area (Å²) < 4.78 is 33.6. The Bertz CT molecular complexity index is 1170. The molecule has 10 heteroatoms. The summed E-state index contributed by atoms with van der Waals surface area (Å²) >= 11 is 0. The maximum absolute atomic E-state index is 12.7. The van der Waals surface area contributed by atoms with Crippen LogP contribution in [0.2, 0.25) is 0 Å². The number of hydrogen-bond donors (Lipinski definition) is 1. The zero-order valence-electron chi connectivity index (χ0n) is 16.1. The fourth-order valence-corrected chi connectivity index (χ4v) is 4.68. The van der Waals surface area contributed by atoms with Crippen molar-refractivity contribution >= 4 is 27.3 Å². The zero-order chi connectivity index (χ0) is 20.6. The predicted molar refractivity (Wildman–Crippen MR) is 106 cm³/mol. The molecule has 29 heavy (non-hydrogen) atoms. The lowest BCUT2D eigenvalue weighted by atomic mass is 10.2. The van der Waals surface area contributed by atoms with E-state index in [0.29, 0.717) is 43.2 Å². The maximum atomic E-state index is 12.7. The minimum atomic E-state index is -3.57. The van der Waals surface area contributed by atoms with Crippen molar-refractivity contribution in [2.75, 3.05) is 31.6 Å². The number of sulfonamides is 1. The van der Waals surface area contributed by atoms with Gasteiger partial charge in [0.2, 0.25) is 10.0 Å². The highest BCUT2D eigenvalue weighted by molar-refractivity contribution is 7.89. The molecule has 4 rings (SSSR count). The molecular formula is C19H21N5O4S. The second kappa shape index (κ2) is 7.54. The van der Waals surface area contributed by atoms with Crippen LogP contribution in [0.3, 0.4) is 0 Å². The number of morpholine rings is 1. The third kappa shape index (κ3) is 3.74. The number of aromatic nitrogens is 3.